The molecule has 1 saturated heterocycles. The summed E-state index contributed by atoms with van der Waals surface area (Å²) in [6, 6.07) is 3.74. The number of aliphatic imine (C=N–C) groups is 1. The van der Waals surface area contributed by atoms with Crippen LogP contribution in [0.4, 0.5) is 0 Å². The molecular formula is C14H16ClN3OS. The molecule has 3 rings (SSSR count). The molecule has 1 aliphatic heterocycles. The van der Waals surface area contributed by atoms with Gasteiger partial charge in [-0.15, -0.1) is 0 Å². The fraction of sp³-hybridized carbons (Fsp3) is 0.500. The Morgan fingerprint density at radius 2 is 2.40 bits per heavy atom. The first-order valence-corrected chi connectivity index (χ1v) is 8.10. The van der Waals surface area contributed by atoms with Crippen molar-refractivity contribution in [2.24, 2.45) is 16.8 Å². The predicted molar refractivity (Wildman–Crippen MR) is 81.8 cm³/mol. The highest BCUT2D eigenvalue weighted by atomic mass is 35.5. The number of aromatic nitrogens is 1. The van der Waals surface area contributed by atoms with Crippen LogP contribution in [-0.4, -0.2) is 33.3 Å². The molecule has 0 aromatic carbocycles. The summed E-state index contributed by atoms with van der Waals surface area (Å²) in [7, 11) is 0. The molecule has 1 aromatic heterocycles. The molecule has 2 heterocycles. The highest BCUT2D eigenvalue weighted by Crippen LogP contribution is 2.39. The Labute approximate surface area is 127 Å². The van der Waals surface area contributed by atoms with Crippen LogP contribution in [0.5, 0.6) is 0 Å². The van der Waals surface area contributed by atoms with Gasteiger partial charge < -0.3 is 4.90 Å². The molecule has 106 valence electrons. The lowest BCUT2D eigenvalue weighted by Gasteiger charge is -2.17. The molecule has 6 heteroatoms. The predicted octanol–water partition coefficient (Wildman–Crippen LogP) is 2.82. The SMILES string of the molecule is CC1CC1C(=O)N=C1SCCN1Cc1ccc(Cl)nc1. The highest BCUT2D eigenvalue weighted by Gasteiger charge is 2.39. The maximum absolute atomic E-state index is 12.0. The van der Waals surface area contributed by atoms with Crippen molar-refractivity contribution in [1.29, 1.82) is 0 Å². The average molecular weight is 310 g/mol. The van der Waals surface area contributed by atoms with Gasteiger partial charge in [-0.3, -0.25) is 4.79 Å². The number of amides is 1. The van der Waals surface area contributed by atoms with Crippen LogP contribution in [0, 0.1) is 11.8 Å². The minimum absolute atomic E-state index is 0.0427. The van der Waals surface area contributed by atoms with Crippen LogP contribution >= 0.6 is 23.4 Å². The number of amidine groups is 1. The third kappa shape index (κ3) is 3.15. The Hall–Kier alpha value is -1.07. The molecule has 20 heavy (non-hydrogen) atoms. The Bertz CT molecular complexity index is 546. The van der Waals surface area contributed by atoms with Gasteiger partial charge in [0.1, 0.15) is 5.15 Å². The quantitative estimate of drug-likeness (QED) is 0.806. The summed E-state index contributed by atoms with van der Waals surface area (Å²) in [4.78, 5) is 22.5. The van der Waals surface area contributed by atoms with Gasteiger partial charge in [-0.05, 0) is 24.0 Å². The third-order valence-electron chi connectivity index (χ3n) is 3.66. The van der Waals surface area contributed by atoms with Gasteiger partial charge in [0.25, 0.3) is 5.91 Å². The number of thioether (sulfide) groups is 1. The second kappa shape index (κ2) is 5.74. The number of carbonyl (C=O) groups is 1. The Kier molecular flexibility index (Phi) is 3.98. The Morgan fingerprint density at radius 3 is 3.05 bits per heavy atom. The molecule has 0 spiro atoms. The lowest BCUT2D eigenvalue weighted by atomic mass is 10.3. The van der Waals surface area contributed by atoms with E-state index in [-0.39, 0.29) is 11.8 Å². The number of nitrogens with zero attached hydrogens (tertiary/aromatic N) is 3. The topological polar surface area (TPSA) is 45.6 Å². The van der Waals surface area contributed by atoms with Crippen molar-refractivity contribution in [1.82, 2.24) is 9.88 Å². The van der Waals surface area contributed by atoms with E-state index in [0.717, 1.165) is 36.0 Å². The summed E-state index contributed by atoms with van der Waals surface area (Å²) in [6.07, 6.45) is 2.76. The van der Waals surface area contributed by atoms with Gasteiger partial charge >= 0.3 is 0 Å². The number of hydrogen-bond acceptors (Lipinski definition) is 3. The Morgan fingerprint density at radius 1 is 1.60 bits per heavy atom. The van der Waals surface area contributed by atoms with E-state index in [1.165, 1.54) is 0 Å². The molecule has 1 saturated carbocycles. The van der Waals surface area contributed by atoms with Crippen LogP contribution in [0.2, 0.25) is 5.15 Å². The van der Waals surface area contributed by atoms with Gasteiger partial charge in [0.15, 0.2) is 5.17 Å². The van der Waals surface area contributed by atoms with Gasteiger partial charge in [0, 0.05) is 31.0 Å². The number of halogens is 1. The minimum atomic E-state index is 0.0427. The maximum atomic E-state index is 12.0. The van der Waals surface area contributed by atoms with Crippen molar-refractivity contribution in [3.05, 3.63) is 29.0 Å². The summed E-state index contributed by atoms with van der Waals surface area (Å²) in [5.74, 6) is 1.68. The molecule has 2 unspecified atom stereocenters. The minimum Gasteiger partial charge on any atom is -0.346 e. The van der Waals surface area contributed by atoms with Crippen LogP contribution in [0.1, 0.15) is 18.9 Å². The Balaban J connectivity index is 1.67. The molecule has 2 aliphatic rings. The lowest BCUT2D eigenvalue weighted by molar-refractivity contribution is -0.119. The van der Waals surface area contributed by atoms with Crippen molar-refractivity contribution < 1.29 is 4.79 Å². The van der Waals surface area contributed by atoms with Gasteiger partial charge in [-0.1, -0.05) is 36.4 Å². The zero-order chi connectivity index (χ0) is 14.1. The smallest absolute Gasteiger partial charge is 0.251 e. The third-order valence-corrected chi connectivity index (χ3v) is 4.88. The largest absolute Gasteiger partial charge is 0.346 e. The second-order valence-electron chi connectivity index (χ2n) is 5.31. The van der Waals surface area contributed by atoms with E-state index in [1.54, 1.807) is 24.0 Å². The summed E-state index contributed by atoms with van der Waals surface area (Å²) in [5, 5.41) is 1.35. The number of hydrogen-bond donors (Lipinski definition) is 0. The average Bonchev–Trinajstić information content (AvgIpc) is 3.01. The zero-order valence-electron chi connectivity index (χ0n) is 11.3. The number of rotatable bonds is 3. The van der Waals surface area contributed by atoms with Crippen molar-refractivity contribution in [2.75, 3.05) is 12.3 Å². The zero-order valence-corrected chi connectivity index (χ0v) is 12.8. The molecule has 0 bridgehead atoms. The first-order chi connectivity index (χ1) is 9.63. The van der Waals surface area contributed by atoms with Gasteiger partial charge in [-0.25, -0.2) is 4.98 Å². The molecule has 0 radical (unpaired) electrons. The van der Waals surface area contributed by atoms with Gasteiger partial charge in [0.2, 0.25) is 0 Å². The monoisotopic (exact) mass is 309 g/mol. The summed E-state index contributed by atoms with van der Waals surface area (Å²) >= 11 is 7.44. The number of carbonyl (C=O) groups excluding carboxylic acids is 1. The fourth-order valence-corrected chi connectivity index (χ4v) is 3.35. The van der Waals surface area contributed by atoms with Crippen LogP contribution in [0.25, 0.3) is 0 Å². The van der Waals surface area contributed by atoms with Gasteiger partial charge in [-0.2, -0.15) is 4.99 Å². The normalized spacial score (nSPS) is 27.1. The van der Waals surface area contributed by atoms with Crippen molar-refractivity contribution in [2.45, 2.75) is 19.9 Å². The van der Waals surface area contributed by atoms with E-state index in [2.05, 4.69) is 21.8 Å². The van der Waals surface area contributed by atoms with Crippen LogP contribution < -0.4 is 0 Å². The van der Waals surface area contributed by atoms with Crippen molar-refractivity contribution in [3.8, 4) is 0 Å². The van der Waals surface area contributed by atoms with E-state index in [0.29, 0.717) is 11.1 Å². The molecule has 4 nitrogen and oxygen atoms in total. The summed E-state index contributed by atoms with van der Waals surface area (Å²) < 4.78 is 0. The molecule has 2 atom stereocenters. The van der Waals surface area contributed by atoms with E-state index >= 15 is 0 Å². The van der Waals surface area contributed by atoms with Crippen LogP contribution in [0.15, 0.2) is 23.3 Å². The van der Waals surface area contributed by atoms with Crippen molar-refractivity contribution in [3.63, 3.8) is 0 Å². The summed E-state index contributed by atoms with van der Waals surface area (Å²) in [5.41, 5.74) is 1.08. The summed E-state index contributed by atoms with van der Waals surface area (Å²) in [6.45, 7) is 3.74. The molecule has 2 fully saturated rings. The van der Waals surface area contributed by atoms with Crippen LogP contribution in [-0.2, 0) is 11.3 Å². The first kappa shape index (κ1) is 13.9. The molecule has 1 aromatic rings. The maximum Gasteiger partial charge on any atom is 0.251 e. The standard InChI is InChI=1S/C14H16ClN3OS/c1-9-6-11(9)13(19)17-14-18(4-5-20-14)8-10-2-3-12(15)16-7-10/h2-3,7,9,11H,4-6,8H2,1H3. The van der Waals surface area contributed by atoms with E-state index in [4.69, 9.17) is 11.6 Å². The number of pyridine rings is 1. The lowest BCUT2D eigenvalue weighted by Crippen LogP contribution is -2.25. The van der Waals surface area contributed by atoms with Gasteiger partial charge in [0.05, 0.1) is 0 Å². The van der Waals surface area contributed by atoms with E-state index < -0.39 is 0 Å². The van der Waals surface area contributed by atoms with Crippen LogP contribution in [0.3, 0.4) is 0 Å². The molecular weight excluding hydrogens is 294 g/mol. The fourth-order valence-electron chi connectivity index (χ4n) is 2.25. The molecule has 0 N–H and O–H groups in total. The van der Waals surface area contributed by atoms with E-state index in [1.807, 2.05) is 6.07 Å². The highest BCUT2D eigenvalue weighted by molar-refractivity contribution is 8.14. The van der Waals surface area contributed by atoms with Crippen molar-refractivity contribution >= 4 is 34.4 Å². The van der Waals surface area contributed by atoms with E-state index in [9.17, 15) is 4.79 Å². The molecule has 1 amide bonds. The molecule has 1 aliphatic carbocycles. The second-order valence-corrected chi connectivity index (χ2v) is 6.76. The first-order valence-electron chi connectivity index (χ1n) is 6.74.